The zero-order valence-electron chi connectivity index (χ0n) is 12.1. The highest BCUT2D eigenvalue weighted by molar-refractivity contribution is 7.17. The van der Waals surface area contributed by atoms with Crippen molar-refractivity contribution in [3.05, 3.63) is 47.6 Å². The van der Waals surface area contributed by atoms with Crippen LogP contribution in [0, 0.1) is 0 Å². The summed E-state index contributed by atoms with van der Waals surface area (Å²) in [5.41, 5.74) is 2.39. The van der Waals surface area contributed by atoms with Crippen molar-refractivity contribution in [1.29, 1.82) is 0 Å². The van der Waals surface area contributed by atoms with Crippen LogP contribution in [0.2, 0.25) is 0 Å². The van der Waals surface area contributed by atoms with Gasteiger partial charge in [0.1, 0.15) is 0 Å². The Bertz CT molecular complexity index is 718. The maximum absolute atomic E-state index is 4.42. The minimum absolute atomic E-state index is 0.0356. The Hall–Kier alpha value is -1.81. The van der Waals surface area contributed by atoms with Crippen molar-refractivity contribution in [1.82, 2.24) is 9.78 Å². The average molecular weight is 285 g/mol. The molecule has 0 amide bonds. The van der Waals surface area contributed by atoms with E-state index in [1.54, 1.807) is 11.3 Å². The zero-order valence-corrected chi connectivity index (χ0v) is 12.9. The summed E-state index contributed by atoms with van der Waals surface area (Å²) in [6.45, 7) is 7.26. The molecule has 20 heavy (non-hydrogen) atoms. The highest BCUT2D eigenvalue weighted by atomic mass is 32.1. The Kier molecular flexibility index (Phi) is 3.26. The molecule has 0 unspecified atom stereocenters. The maximum atomic E-state index is 4.42. The molecular formula is C16H19N3S. The summed E-state index contributed by atoms with van der Waals surface area (Å²) in [7, 11) is 0. The molecule has 0 saturated heterocycles. The van der Waals surface area contributed by atoms with Gasteiger partial charge in [-0.25, -0.2) is 0 Å². The van der Waals surface area contributed by atoms with Crippen LogP contribution in [-0.4, -0.2) is 9.78 Å². The summed E-state index contributed by atoms with van der Waals surface area (Å²) in [5, 5.41) is 11.3. The van der Waals surface area contributed by atoms with E-state index in [0.29, 0.717) is 0 Å². The number of anilines is 1. The van der Waals surface area contributed by atoms with Gasteiger partial charge in [0.2, 0.25) is 0 Å². The first-order valence-electron chi connectivity index (χ1n) is 6.77. The number of nitrogens with one attached hydrogen (secondary N) is 1. The van der Waals surface area contributed by atoms with E-state index in [1.165, 1.54) is 15.6 Å². The lowest BCUT2D eigenvalue weighted by molar-refractivity contribution is 0.355. The molecule has 0 spiro atoms. The molecule has 2 heterocycles. The van der Waals surface area contributed by atoms with Crippen molar-refractivity contribution in [2.75, 3.05) is 5.32 Å². The standard InChI is InChI=1S/C16H19N3S/c1-16(2,3)19-11-12(10-18-19)9-17-14-4-5-15-13(8-14)6-7-20-15/h4-8,10-11,17H,9H2,1-3H3. The number of rotatable bonds is 3. The molecular weight excluding hydrogens is 266 g/mol. The second kappa shape index (κ2) is 4.94. The first kappa shape index (κ1) is 13.2. The van der Waals surface area contributed by atoms with Crippen LogP contribution in [0.15, 0.2) is 42.0 Å². The molecule has 0 aliphatic carbocycles. The van der Waals surface area contributed by atoms with Gasteiger partial charge in [-0.05, 0) is 55.8 Å². The Morgan fingerprint density at radius 3 is 2.85 bits per heavy atom. The third-order valence-corrected chi connectivity index (χ3v) is 4.17. The van der Waals surface area contributed by atoms with E-state index in [9.17, 15) is 0 Å². The molecule has 0 atom stereocenters. The summed E-state index contributed by atoms with van der Waals surface area (Å²) in [5.74, 6) is 0. The first-order valence-corrected chi connectivity index (χ1v) is 7.65. The summed E-state index contributed by atoms with van der Waals surface area (Å²) in [6, 6.07) is 8.65. The number of thiophene rings is 1. The van der Waals surface area contributed by atoms with Crippen LogP contribution in [0.1, 0.15) is 26.3 Å². The lowest BCUT2D eigenvalue weighted by Crippen LogP contribution is -2.21. The molecule has 0 aliphatic rings. The summed E-state index contributed by atoms with van der Waals surface area (Å²) < 4.78 is 3.34. The topological polar surface area (TPSA) is 29.9 Å². The normalized spacial score (nSPS) is 11.9. The van der Waals surface area contributed by atoms with Gasteiger partial charge in [-0.2, -0.15) is 5.10 Å². The average Bonchev–Trinajstić information content (AvgIpc) is 3.04. The molecule has 3 rings (SSSR count). The molecule has 3 aromatic rings. The van der Waals surface area contributed by atoms with E-state index in [2.05, 4.69) is 67.0 Å². The molecule has 0 fully saturated rings. The van der Waals surface area contributed by atoms with Crippen LogP contribution in [-0.2, 0) is 12.1 Å². The van der Waals surface area contributed by atoms with E-state index in [0.717, 1.165) is 12.2 Å². The van der Waals surface area contributed by atoms with Crippen LogP contribution < -0.4 is 5.32 Å². The van der Waals surface area contributed by atoms with Crippen molar-refractivity contribution in [2.45, 2.75) is 32.9 Å². The van der Waals surface area contributed by atoms with Gasteiger partial charge in [-0.3, -0.25) is 4.68 Å². The Labute approximate surface area is 123 Å². The van der Waals surface area contributed by atoms with Gasteiger partial charge in [0.25, 0.3) is 0 Å². The highest BCUT2D eigenvalue weighted by Crippen LogP contribution is 2.24. The summed E-state index contributed by atoms with van der Waals surface area (Å²) in [4.78, 5) is 0. The van der Waals surface area contributed by atoms with E-state index in [1.807, 2.05) is 10.9 Å². The smallest absolute Gasteiger partial charge is 0.0543 e. The van der Waals surface area contributed by atoms with Crippen molar-refractivity contribution >= 4 is 27.1 Å². The minimum atomic E-state index is 0.0356. The molecule has 0 radical (unpaired) electrons. The molecule has 4 heteroatoms. The molecule has 3 nitrogen and oxygen atoms in total. The van der Waals surface area contributed by atoms with E-state index >= 15 is 0 Å². The number of benzene rings is 1. The largest absolute Gasteiger partial charge is 0.381 e. The third-order valence-electron chi connectivity index (χ3n) is 3.27. The lowest BCUT2D eigenvalue weighted by Gasteiger charge is -2.18. The Balaban J connectivity index is 1.71. The number of aromatic nitrogens is 2. The predicted molar refractivity (Wildman–Crippen MR) is 86.4 cm³/mol. The number of hydrogen-bond acceptors (Lipinski definition) is 3. The van der Waals surface area contributed by atoms with Crippen LogP contribution in [0.4, 0.5) is 5.69 Å². The number of fused-ring (bicyclic) bond motifs is 1. The van der Waals surface area contributed by atoms with Crippen LogP contribution in [0.5, 0.6) is 0 Å². The SMILES string of the molecule is CC(C)(C)n1cc(CNc2ccc3sccc3c2)cn1. The van der Waals surface area contributed by atoms with Crippen LogP contribution >= 0.6 is 11.3 Å². The van der Waals surface area contributed by atoms with Gasteiger partial charge in [0.15, 0.2) is 0 Å². The molecule has 2 aromatic heterocycles. The highest BCUT2D eigenvalue weighted by Gasteiger charge is 2.13. The van der Waals surface area contributed by atoms with Crippen molar-refractivity contribution in [2.24, 2.45) is 0 Å². The Morgan fingerprint density at radius 1 is 1.25 bits per heavy atom. The number of nitrogens with zero attached hydrogens (tertiary/aromatic N) is 2. The fraction of sp³-hybridized carbons (Fsp3) is 0.312. The van der Waals surface area contributed by atoms with Gasteiger partial charge < -0.3 is 5.32 Å². The monoisotopic (exact) mass is 285 g/mol. The lowest BCUT2D eigenvalue weighted by atomic mass is 10.1. The van der Waals surface area contributed by atoms with Gasteiger partial charge >= 0.3 is 0 Å². The molecule has 104 valence electrons. The predicted octanol–water partition coefficient (Wildman–Crippen LogP) is 4.46. The fourth-order valence-electron chi connectivity index (χ4n) is 2.10. The molecule has 0 saturated carbocycles. The van der Waals surface area contributed by atoms with Crippen molar-refractivity contribution < 1.29 is 0 Å². The quantitative estimate of drug-likeness (QED) is 0.769. The van der Waals surface area contributed by atoms with Gasteiger partial charge in [-0.1, -0.05) is 0 Å². The summed E-state index contributed by atoms with van der Waals surface area (Å²) in [6.07, 6.45) is 4.04. The molecule has 0 bridgehead atoms. The van der Waals surface area contributed by atoms with Gasteiger partial charge in [0, 0.05) is 28.7 Å². The van der Waals surface area contributed by atoms with Crippen LogP contribution in [0.25, 0.3) is 10.1 Å². The second-order valence-corrected chi connectivity index (χ2v) is 6.94. The van der Waals surface area contributed by atoms with E-state index < -0.39 is 0 Å². The Morgan fingerprint density at radius 2 is 2.10 bits per heavy atom. The minimum Gasteiger partial charge on any atom is -0.381 e. The maximum Gasteiger partial charge on any atom is 0.0543 e. The van der Waals surface area contributed by atoms with Crippen LogP contribution in [0.3, 0.4) is 0 Å². The first-order chi connectivity index (χ1) is 9.52. The number of hydrogen-bond donors (Lipinski definition) is 1. The summed E-state index contributed by atoms with van der Waals surface area (Å²) >= 11 is 1.78. The van der Waals surface area contributed by atoms with E-state index in [4.69, 9.17) is 0 Å². The van der Waals surface area contributed by atoms with Crippen molar-refractivity contribution in [3.63, 3.8) is 0 Å². The van der Waals surface area contributed by atoms with Gasteiger partial charge in [0.05, 0.1) is 11.7 Å². The zero-order chi connectivity index (χ0) is 14.2. The van der Waals surface area contributed by atoms with Crippen molar-refractivity contribution in [3.8, 4) is 0 Å². The molecule has 1 N–H and O–H groups in total. The second-order valence-electron chi connectivity index (χ2n) is 5.99. The molecule has 0 aliphatic heterocycles. The fourth-order valence-corrected chi connectivity index (χ4v) is 2.87. The van der Waals surface area contributed by atoms with Gasteiger partial charge in [-0.15, -0.1) is 11.3 Å². The third kappa shape index (κ3) is 2.70. The van der Waals surface area contributed by atoms with E-state index in [-0.39, 0.29) is 5.54 Å². The molecule has 1 aromatic carbocycles.